The monoisotopic (exact) mass is 351 g/mol. The fourth-order valence-electron chi connectivity index (χ4n) is 3.17. The van der Waals surface area contributed by atoms with E-state index >= 15 is 0 Å². The summed E-state index contributed by atoms with van der Waals surface area (Å²) in [6.45, 7) is 1.95. The zero-order chi connectivity index (χ0) is 16.4. The molecule has 1 fully saturated rings. The first-order valence-electron chi connectivity index (χ1n) is 8.13. The van der Waals surface area contributed by atoms with Gasteiger partial charge in [0.15, 0.2) is 5.16 Å². The van der Waals surface area contributed by atoms with Crippen molar-refractivity contribution < 1.29 is 4.79 Å². The number of nitrogens with one attached hydrogen (secondary N) is 1. The van der Waals surface area contributed by atoms with Crippen LogP contribution >= 0.6 is 23.4 Å². The normalized spacial score (nSPS) is 17.3. The van der Waals surface area contributed by atoms with E-state index in [0.717, 1.165) is 29.0 Å². The Balaban J connectivity index is 1.66. The van der Waals surface area contributed by atoms with Gasteiger partial charge in [0.05, 0.1) is 16.3 Å². The van der Waals surface area contributed by atoms with Gasteiger partial charge in [-0.2, -0.15) is 0 Å². The quantitative estimate of drug-likeness (QED) is 0.826. The number of carbonyl (C=O) groups excluding carboxylic acids is 1. The smallest absolute Gasteiger partial charge is 0.235 e. The molecule has 1 aromatic heterocycles. The first kappa shape index (κ1) is 16.7. The van der Waals surface area contributed by atoms with Gasteiger partial charge in [-0.25, -0.2) is 4.98 Å². The molecule has 0 spiro atoms. The number of hydrogen-bond donors (Lipinski definition) is 1. The van der Waals surface area contributed by atoms with E-state index in [1.807, 2.05) is 37.1 Å². The predicted molar refractivity (Wildman–Crippen MR) is 96.1 cm³/mol. The summed E-state index contributed by atoms with van der Waals surface area (Å²) in [5.41, 5.74) is 1.78. The van der Waals surface area contributed by atoms with Crippen LogP contribution in [0.15, 0.2) is 23.4 Å². The number of hydrogen-bond acceptors (Lipinski definition) is 3. The summed E-state index contributed by atoms with van der Waals surface area (Å²) in [4.78, 5) is 22.4. The number of benzene rings is 1. The van der Waals surface area contributed by atoms with E-state index in [0.29, 0.717) is 11.1 Å². The van der Waals surface area contributed by atoms with Crippen LogP contribution in [0.3, 0.4) is 0 Å². The molecule has 2 aromatic rings. The van der Waals surface area contributed by atoms with Gasteiger partial charge in [-0.3, -0.25) is 4.79 Å². The maximum absolute atomic E-state index is 12.7. The second-order valence-corrected chi connectivity index (χ2v) is 7.97. The summed E-state index contributed by atoms with van der Waals surface area (Å²) in [7, 11) is 1.94. The van der Waals surface area contributed by atoms with Crippen LogP contribution in [0.2, 0.25) is 5.02 Å². The van der Waals surface area contributed by atoms with Gasteiger partial charge in [-0.05, 0) is 38.0 Å². The van der Waals surface area contributed by atoms with Crippen LogP contribution in [0.5, 0.6) is 0 Å². The van der Waals surface area contributed by atoms with Gasteiger partial charge in [0.1, 0.15) is 0 Å². The Morgan fingerprint density at radius 3 is 2.87 bits per heavy atom. The summed E-state index contributed by atoms with van der Waals surface area (Å²) in [6.07, 6.45) is 6.01. The molecule has 1 unspecified atom stereocenters. The van der Waals surface area contributed by atoms with Crippen molar-refractivity contribution in [2.75, 3.05) is 7.05 Å². The number of thioether (sulfide) groups is 1. The lowest BCUT2D eigenvalue weighted by molar-refractivity contribution is -0.131. The highest BCUT2D eigenvalue weighted by Crippen LogP contribution is 2.28. The molecule has 23 heavy (non-hydrogen) atoms. The number of carbonyl (C=O) groups is 1. The van der Waals surface area contributed by atoms with Gasteiger partial charge in [-0.15, -0.1) is 0 Å². The molecule has 1 atom stereocenters. The molecule has 0 bridgehead atoms. The van der Waals surface area contributed by atoms with Crippen LogP contribution in [-0.2, 0) is 4.79 Å². The second-order valence-electron chi connectivity index (χ2n) is 6.20. The van der Waals surface area contributed by atoms with Gasteiger partial charge < -0.3 is 9.88 Å². The molecule has 4 nitrogen and oxygen atoms in total. The van der Waals surface area contributed by atoms with E-state index < -0.39 is 0 Å². The van der Waals surface area contributed by atoms with Gasteiger partial charge in [0.2, 0.25) is 5.91 Å². The Kier molecular flexibility index (Phi) is 5.17. The molecule has 1 heterocycles. The average Bonchev–Trinajstić information content (AvgIpc) is 2.95. The van der Waals surface area contributed by atoms with Crippen LogP contribution < -0.4 is 0 Å². The number of amides is 1. The fourth-order valence-corrected chi connectivity index (χ4v) is 4.26. The summed E-state index contributed by atoms with van der Waals surface area (Å²) in [5, 5.41) is 1.29. The number of imidazole rings is 1. The zero-order valence-corrected chi connectivity index (χ0v) is 15.1. The van der Waals surface area contributed by atoms with Crippen molar-refractivity contribution in [2.24, 2.45) is 0 Å². The minimum atomic E-state index is -0.155. The molecule has 0 saturated heterocycles. The van der Waals surface area contributed by atoms with Crippen molar-refractivity contribution in [3.8, 4) is 0 Å². The van der Waals surface area contributed by atoms with E-state index in [-0.39, 0.29) is 11.2 Å². The van der Waals surface area contributed by atoms with E-state index in [9.17, 15) is 4.79 Å². The van der Waals surface area contributed by atoms with Crippen molar-refractivity contribution in [2.45, 2.75) is 55.5 Å². The molecular formula is C17H22ClN3OS. The van der Waals surface area contributed by atoms with Crippen LogP contribution in [0, 0.1) is 0 Å². The largest absolute Gasteiger partial charge is 0.342 e. The number of fused-ring (bicyclic) bond motifs is 1. The summed E-state index contributed by atoms with van der Waals surface area (Å²) in [6, 6.07) is 5.96. The third-order valence-corrected chi connectivity index (χ3v) is 5.74. The fraction of sp³-hybridized carbons (Fsp3) is 0.529. The molecule has 1 amide bonds. The topological polar surface area (TPSA) is 49.0 Å². The predicted octanol–water partition coefficient (Wildman–Crippen LogP) is 4.49. The molecule has 1 N–H and O–H groups in total. The van der Waals surface area contributed by atoms with Crippen LogP contribution in [0.4, 0.5) is 0 Å². The van der Waals surface area contributed by atoms with E-state index in [4.69, 9.17) is 11.6 Å². The molecule has 1 aromatic carbocycles. The highest BCUT2D eigenvalue weighted by Gasteiger charge is 2.26. The van der Waals surface area contributed by atoms with Crippen molar-refractivity contribution in [3.63, 3.8) is 0 Å². The van der Waals surface area contributed by atoms with Crippen LogP contribution in [0.25, 0.3) is 11.0 Å². The Labute approximate surface area is 146 Å². The van der Waals surface area contributed by atoms with Gasteiger partial charge in [0, 0.05) is 18.1 Å². The molecule has 1 saturated carbocycles. The van der Waals surface area contributed by atoms with E-state index in [1.165, 1.54) is 31.0 Å². The van der Waals surface area contributed by atoms with Gasteiger partial charge >= 0.3 is 0 Å². The van der Waals surface area contributed by atoms with E-state index in [2.05, 4.69) is 9.97 Å². The first-order chi connectivity index (χ1) is 11.0. The molecule has 6 heteroatoms. The summed E-state index contributed by atoms with van der Waals surface area (Å²) >= 11 is 7.47. The minimum absolute atomic E-state index is 0.155. The lowest BCUT2D eigenvalue weighted by atomic mass is 9.94. The third-order valence-electron chi connectivity index (χ3n) is 4.53. The molecule has 1 aliphatic rings. The highest BCUT2D eigenvalue weighted by molar-refractivity contribution is 8.00. The average molecular weight is 352 g/mol. The maximum Gasteiger partial charge on any atom is 0.235 e. The van der Waals surface area contributed by atoms with Crippen LogP contribution in [0.1, 0.15) is 39.0 Å². The van der Waals surface area contributed by atoms with Gasteiger partial charge in [-0.1, -0.05) is 42.6 Å². The number of aromatic amines is 1. The Hall–Kier alpha value is -1.20. The summed E-state index contributed by atoms with van der Waals surface area (Å²) < 4.78 is 0. The minimum Gasteiger partial charge on any atom is -0.342 e. The standard InChI is InChI=1S/C17H22ClN3OS/c1-11(16(22)21(2)13-6-4-3-5-7-13)23-17-19-14-9-8-12(18)10-15(14)20-17/h8-11,13H,3-7H2,1-2H3,(H,19,20). The Bertz CT molecular complexity index is 696. The number of halogens is 1. The molecule has 124 valence electrons. The maximum atomic E-state index is 12.7. The number of rotatable bonds is 4. The molecule has 3 rings (SSSR count). The molecule has 0 radical (unpaired) electrons. The highest BCUT2D eigenvalue weighted by atomic mass is 35.5. The third kappa shape index (κ3) is 3.83. The van der Waals surface area contributed by atoms with Crippen LogP contribution in [-0.4, -0.2) is 39.1 Å². The van der Waals surface area contributed by atoms with Crippen molar-refractivity contribution >= 4 is 40.3 Å². The second kappa shape index (κ2) is 7.14. The van der Waals surface area contributed by atoms with Crippen molar-refractivity contribution in [1.29, 1.82) is 0 Å². The zero-order valence-electron chi connectivity index (χ0n) is 13.5. The molecule has 0 aliphatic heterocycles. The number of H-pyrrole nitrogens is 1. The molecule has 1 aliphatic carbocycles. The van der Waals surface area contributed by atoms with Crippen molar-refractivity contribution in [3.05, 3.63) is 23.2 Å². The molecular weight excluding hydrogens is 330 g/mol. The Morgan fingerprint density at radius 1 is 1.39 bits per heavy atom. The number of nitrogens with zero attached hydrogens (tertiary/aromatic N) is 2. The SMILES string of the molecule is CC(Sc1nc2ccc(Cl)cc2[nH]1)C(=O)N(C)C1CCCCC1. The lowest BCUT2D eigenvalue weighted by Crippen LogP contribution is -2.42. The van der Waals surface area contributed by atoms with E-state index in [1.54, 1.807) is 0 Å². The van der Waals surface area contributed by atoms with Gasteiger partial charge in [0.25, 0.3) is 0 Å². The number of aromatic nitrogens is 2. The Morgan fingerprint density at radius 2 is 2.13 bits per heavy atom. The van der Waals surface area contributed by atoms with Crippen molar-refractivity contribution in [1.82, 2.24) is 14.9 Å². The lowest BCUT2D eigenvalue weighted by Gasteiger charge is -2.32. The summed E-state index contributed by atoms with van der Waals surface area (Å²) in [5.74, 6) is 0.181. The first-order valence-corrected chi connectivity index (χ1v) is 9.39.